The van der Waals surface area contributed by atoms with Crippen molar-refractivity contribution in [3.05, 3.63) is 0 Å². The average molecular weight is 612 g/mol. The number of carbonyl (C=O) groups is 6. The van der Waals surface area contributed by atoms with Crippen LogP contribution in [0.25, 0.3) is 0 Å². The zero-order valence-electron chi connectivity index (χ0n) is 24.3. The second kappa shape index (κ2) is 15.8. The molecular weight excluding hydrogens is 573 g/mol. The summed E-state index contributed by atoms with van der Waals surface area (Å²) in [5, 5.41) is -0.125. The zero-order valence-corrected chi connectivity index (χ0v) is 25.2. The molecule has 1 rings (SSSR count). The van der Waals surface area contributed by atoms with Crippen molar-refractivity contribution in [2.24, 2.45) is 0 Å². The van der Waals surface area contributed by atoms with E-state index >= 15 is 0 Å². The van der Waals surface area contributed by atoms with Gasteiger partial charge in [-0.1, -0.05) is 0 Å². The Morgan fingerprint density at radius 2 is 1.46 bits per heavy atom. The van der Waals surface area contributed by atoms with Gasteiger partial charge in [0.15, 0.2) is 12.2 Å². The third kappa shape index (κ3) is 9.48. The highest BCUT2D eigenvalue weighted by Crippen LogP contribution is 2.65. The van der Waals surface area contributed by atoms with Gasteiger partial charge in [0.1, 0.15) is 18.8 Å². The van der Waals surface area contributed by atoms with Crippen LogP contribution in [0.3, 0.4) is 0 Å². The van der Waals surface area contributed by atoms with Crippen LogP contribution in [-0.4, -0.2) is 98.5 Å². The van der Waals surface area contributed by atoms with Crippen LogP contribution in [0.15, 0.2) is 0 Å². The van der Waals surface area contributed by atoms with Crippen molar-refractivity contribution in [1.82, 2.24) is 5.32 Å². The lowest BCUT2D eigenvalue weighted by molar-refractivity contribution is -0.229. The first-order valence-corrected chi connectivity index (χ1v) is 14.2. The van der Waals surface area contributed by atoms with Crippen LogP contribution < -0.4 is 5.32 Å². The van der Waals surface area contributed by atoms with Gasteiger partial charge < -0.3 is 42.8 Å². The maximum Gasteiger partial charge on any atom is 0.374 e. The van der Waals surface area contributed by atoms with E-state index in [-0.39, 0.29) is 13.2 Å². The van der Waals surface area contributed by atoms with E-state index in [1.165, 1.54) is 13.8 Å². The smallest absolute Gasteiger partial charge is 0.374 e. The van der Waals surface area contributed by atoms with Gasteiger partial charge in [0.25, 0.3) is 5.34 Å². The summed E-state index contributed by atoms with van der Waals surface area (Å²) in [5.41, 5.74) is 0. The van der Waals surface area contributed by atoms with Gasteiger partial charge in [-0.3, -0.25) is 28.5 Å². The highest BCUT2D eigenvalue weighted by Gasteiger charge is 2.68. The Morgan fingerprint density at radius 3 is 1.88 bits per heavy atom. The summed E-state index contributed by atoms with van der Waals surface area (Å²) >= 11 is 0. The monoisotopic (exact) mass is 611 g/mol. The fourth-order valence-electron chi connectivity index (χ4n) is 4.29. The Labute approximate surface area is 237 Å². The third-order valence-electron chi connectivity index (χ3n) is 5.56. The highest BCUT2D eigenvalue weighted by molar-refractivity contribution is 7.56. The molecule has 234 valence electrons. The molecule has 1 heterocycles. The number of carbonyl (C=O) groups excluding carboxylic acids is 6. The minimum atomic E-state index is -4.67. The average Bonchev–Trinajstić information content (AvgIpc) is 2.84. The van der Waals surface area contributed by atoms with Crippen molar-refractivity contribution >= 4 is 43.3 Å². The first kappa shape index (κ1) is 36.0. The summed E-state index contributed by atoms with van der Waals surface area (Å²) in [6.45, 7) is 7.08. The molecule has 1 amide bonds. The normalized spacial score (nSPS) is 23.8. The topological polar surface area (TPSA) is 205 Å². The van der Waals surface area contributed by atoms with E-state index in [1.54, 1.807) is 0 Å². The number of methoxy groups -OCH3 is 1. The molecule has 0 aromatic heterocycles. The molecule has 41 heavy (non-hydrogen) atoms. The third-order valence-corrected chi connectivity index (χ3v) is 8.11. The molecular formula is C24H38NO15P. The van der Waals surface area contributed by atoms with E-state index in [0.29, 0.717) is 0 Å². The van der Waals surface area contributed by atoms with Gasteiger partial charge >= 0.3 is 37.4 Å². The van der Waals surface area contributed by atoms with Crippen LogP contribution in [0.1, 0.15) is 54.9 Å². The fraction of sp³-hybridized carbons (Fsp3) is 0.750. The SMILES string of the molecule is CCOP(=O)(OCC)[C@]1(C(=O)OC)C[C@H](OC(C)=O)[C@@H](NC(C)=O)[C@H]([C@H](OC(C)=O)[C@@H](COC(C)=O)OC(C)=O)O1. The second-order valence-corrected chi connectivity index (χ2v) is 11.0. The first-order chi connectivity index (χ1) is 19.1. The molecule has 0 spiro atoms. The minimum Gasteiger partial charge on any atom is -0.466 e. The Kier molecular flexibility index (Phi) is 13.9. The molecule has 16 nitrogen and oxygen atoms in total. The molecule has 0 bridgehead atoms. The number of ether oxygens (including phenoxy) is 6. The lowest BCUT2D eigenvalue weighted by atomic mass is 9.89. The van der Waals surface area contributed by atoms with Crippen molar-refractivity contribution in [3.8, 4) is 0 Å². The Bertz CT molecular complexity index is 1020. The van der Waals surface area contributed by atoms with Gasteiger partial charge in [-0.15, -0.1) is 0 Å². The first-order valence-electron chi connectivity index (χ1n) is 12.6. The quantitative estimate of drug-likeness (QED) is 0.164. The molecule has 1 aliphatic heterocycles. The van der Waals surface area contributed by atoms with Gasteiger partial charge in [-0.05, 0) is 13.8 Å². The highest BCUT2D eigenvalue weighted by atomic mass is 31.2. The van der Waals surface area contributed by atoms with Crippen molar-refractivity contribution in [1.29, 1.82) is 0 Å². The number of rotatable bonds is 14. The summed E-state index contributed by atoms with van der Waals surface area (Å²) in [4.78, 5) is 73.8. The molecule has 0 radical (unpaired) electrons. The maximum atomic E-state index is 14.2. The molecule has 0 aliphatic carbocycles. The number of amides is 1. The lowest BCUT2D eigenvalue weighted by Crippen LogP contribution is -2.68. The largest absolute Gasteiger partial charge is 0.466 e. The summed E-state index contributed by atoms with van der Waals surface area (Å²) in [6, 6.07) is -1.41. The minimum absolute atomic E-state index is 0.229. The predicted molar refractivity (Wildman–Crippen MR) is 136 cm³/mol. The number of hydrogen-bond donors (Lipinski definition) is 1. The zero-order chi connectivity index (χ0) is 31.5. The standard InChI is InChI=1S/C24H38NO15P/c1-9-35-41(32,36-10-2)24(23(31)33-8)11-18(37-15(5)28)20(25-13(3)26)22(40-24)21(39-17(7)30)19(38-16(6)29)12-34-14(4)27/h18-22H,9-12H2,1-8H3,(H,25,26)/t18-,19+,20+,21+,22+,24-/m0/s1. The van der Waals surface area contributed by atoms with Gasteiger partial charge in [0, 0.05) is 41.0 Å². The molecule has 0 saturated carbocycles. The van der Waals surface area contributed by atoms with Gasteiger partial charge in [0.05, 0.1) is 26.4 Å². The summed E-state index contributed by atoms with van der Waals surface area (Å²) in [5.74, 6) is -5.43. The van der Waals surface area contributed by atoms with Crippen LogP contribution in [0.4, 0.5) is 0 Å². The Balaban J connectivity index is 4.08. The maximum absolute atomic E-state index is 14.2. The number of esters is 5. The fourth-order valence-corrected chi connectivity index (χ4v) is 6.43. The lowest BCUT2D eigenvalue weighted by Gasteiger charge is -2.49. The van der Waals surface area contributed by atoms with E-state index in [2.05, 4.69) is 5.32 Å². The molecule has 17 heteroatoms. The molecule has 0 aromatic carbocycles. The Morgan fingerprint density at radius 1 is 0.902 bits per heavy atom. The molecule has 0 aromatic rings. The van der Waals surface area contributed by atoms with Crippen LogP contribution in [0, 0.1) is 0 Å². The molecule has 6 atom stereocenters. The number of nitrogens with one attached hydrogen (secondary N) is 1. The van der Waals surface area contributed by atoms with Gasteiger partial charge in [-0.25, -0.2) is 4.79 Å². The van der Waals surface area contributed by atoms with Crippen molar-refractivity contribution < 1.29 is 70.8 Å². The van der Waals surface area contributed by atoms with Crippen molar-refractivity contribution in [2.75, 3.05) is 26.9 Å². The van der Waals surface area contributed by atoms with Crippen LogP contribution in [0.5, 0.6) is 0 Å². The second-order valence-electron chi connectivity index (χ2n) is 8.79. The van der Waals surface area contributed by atoms with E-state index in [9.17, 15) is 33.3 Å². The van der Waals surface area contributed by atoms with Gasteiger partial charge in [-0.2, -0.15) is 0 Å². The van der Waals surface area contributed by atoms with E-state index in [4.69, 9.17) is 37.5 Å². The van der Waals surface area contributed by atoms with Crippen LogP contribution >= 0.6 is 7.60 Å². The van der Waals surface area contributed by atoms with E-state index in [0.717, 1.165) is 41.7 Å². The van der Waals surface area contributed by atoms with Crippen LogP contribution in [-0.2, 0) is 70.8 Å². The molecule has 1 aliphatic rings. The summed E-state index contributed by atoms with van der Waals surface area (Å²) < 4.78 is 57.4. The van der Waals surface area contributed by atoms with Crippen LogP contribution in [0.2, 0.25) is 0 Å². The summed E-state index contributed by atoms with van der Waals surface area (Å²) in [7, 11) is -3.70. The molecule has 1 N–H and O–H groups in total. The van der Waals surface area contributed by atoms with E-state index in [1.807, 2.05) is 0 Å². The van der Waals surface area contributed by atoms with Crippen molar-refractivity contribution in [3.63, 3.8) is 0 Å². The van der Waals surface area contributed by atoms with Gasteiger partial charge in [0.2, 0.25) is 5.91 Å². The Hall–Kier alpha value is -3.07. The number of hydrogen-bond acceptors (Lipinski definition) is 15. The summed E-state index contributed by atoms with van der Waals surface area (Å²) in [6.07, 6.45) is -7.31. The van der Waals surface area contributed by atoms with E-state index < -0.39 is 92.2 Å². The molecule has 0 unspecified atom stereocenters. The predicted octanol–water partition coefficient (Wildman–Crippen LogP) is 0.774. The molecule has 1 saturated heterocycles. The molecule has 1 fully saturated rings. The van der Waals surface area contributed by atoms with Crippen molar-refractivity contribution in [2.45, 2.75) is 90.7 Å².